The number of ether oxygens (including phenoxy) is 1. The van der Waals surface area contributed by atoms with Gasteiger partial charge in [0.2, 0.25) is 0 Å². The predicted octanol–water partition coefficient (Wildman–Crippen LogP) is 4.12. The first-order chi connectivity index (χ1) is 10.0. The highest BCUT2D eigenvalue weighted by atomic mass is 79.9. The molecule has 21 heavy (non-hydrogen) atoms. The number of rotatable bonds is 5. The minimum atomic E-state index is -0.656. The van der Waals surface area contributed by atoms with E-state index in [1.807, 2.05) is 0 Å². The minimum absolute atomic E-state index is 0.116. The van der Waals surface area contributed by atoms with E-state index >= 15 is 0 Å². The lowest BCUT2D eigenvalue weighted by molar-refractivity contribution is -0.384. The lowest BCUT2D eigenvalue weighted by Gasteiger charge is -2.10. The van der Waals surface area contributed by atoms with Crippen molar-refractivity contribution in [1.82, 2.24) is 0 Å². The van der Waals surface area contributed by atoms with Crippen LogP contribution >= 0.6 is 15.9 Å². The molecular weight excluding hydrogens is 343 g/mol. The summed E-state index contributed by atoms with van der Waals surface area (Å²) < 4.78 is 19.6. The molecule has 0 saturated carbocycles. The molecule has 2 aromatic rings. The van der Waals surface area contributed by atoms with Gasteiger partial charge >= 0.3 is 0 Å². The highest BCUT2D eigenvalue weighted by Gasteiger charge is 2.17. The van der Waals surface area contributed by atoms with Crippen molar-refractivity contribution in [2.45, 2.75) is 6.54 Å². The average molecular weight is 355 g/mol. The van der Waals surface area contributed by atoms with Gasteiger partial charge in [0.15, 0.2) is 5.82 Å². The van der Waals surface area contributed by atoms with Crippen molar-refractivity contribution in [1.29, 1.82) is 0 Å². The molecule has 0 aromatic heterocycles. The maximum absolute atomic E-state index is 13.7. The van der Waals surface area contributed by atoms with E-state index in [4.69, 9.17) is 4.74 Å². The monoisotopic (exact) mass is 354 g/mol. The zero-order valence-electron chi connectivity index (χ0n) is 11.1. The normalized spacial score (nSPS) is 10.2. The number of halogens is 2. The van der Waals surface area contributed by atoms with Gasteiger partial charge < -0.3 is 10.1 Å². The fraction of sp³-hybridized carbons (Fsp3) is 0.143. The molecule has 0 spiro atoms. The molecule has 0 atom stereocenters. The van der Waals surface area contributed by atoms with Gasteiger partial charge in [0.1, 0.15) is 11.4 Å². The van der Waals surface area contributed by atoms with Gasteiger partial charge in [-0.05, 0) is 39.7 Å². The SMILES string of the molecule is COc1ccc(CNc2c(F)cccc2[N+](=O)[O-])cc1Br. The van der Waals surface area contributed by atoms with Gasteiger partial charge in [-0.2, -0.15) is 0 Å². The van der Waals surface area contributed by atoms with Crippen molar-refractivity contribution >= 4 is 27.3 Å². The van der Waals surface area contributed by atoms with Crippen LogP contribution in [0.4, 0.5) is 15.8 Å². The average Bonchev–Trinajstić information content (AvgIpc) is 2.45. The van der Waals surface area contributed by atoms with E-state index in [1.54, 1.807) is 25.3 Å². The number of para-hydroxylation sites is 1. The first kappa shape index (κ1) is 15.2. The van der Waals surface area contributed by atoms with Crippen LogP contribution in [0.15, 0.2) is 40.9 Å². The number of benzene rings is 2. The van der Waals surface area contributed by atoms with Gasteiger partial charge in [-0.1, -0.05) is 12.1 Å². The van der Waals surface area contributed by atoms with Gasteiger partial charge in [-0.15, -0.1) is 0 Å². The van der Waals surface area contributed by atoms with E-state index < -0.39 is 10.7 Å². The van der Waals surface area contributed by atoms with E-state index in [1.165, 1.54) is 18.2 Å². The summed E-state index contributed by atoms with van der Waals surface area (Å²) in [6.07, 6.45) is 0. The van der Waals surface area contributed by atoms with Crippen LogP contribution in [0.5, 0.6) is 5.75 Å². The Kier molecular flexibility index (Phi) is 4.74. The van der Waals surface area contributed by atoms with E-state index in [0.717, 1.165) is 10.0 Å². The van der Waals surface area contributed by atoms with Crippen LogP contribution in [0, 0.1) is 15.9 Å². The lowest BCUT2D eigenvalue weighted by atomic mass is 10.2. The highest BCUT2D eigenvalue weighted by molar-refractivity contribution is 9.10. The molecule has 7 heteroatoms. The summed E-state index contributed by atoms with van der Waals surface area (Å²) in [4.78, 5) is 10.3. The zero-order chi connectivity index (χ0) is 15.4. The molecular formula is C14H12BrFN2O3. The summed E-state index contributed by atoms with van der Waals surface area (Å²) in [5.41, 5.74) is 0.428. The predicted molar refractivity (Wildman–Crippen MR) is 81.1 cm³/mol. The molecule has 0 bridgehead atoms. The van der Waals surface area contributed by atoms with Crippen LogP contribution in [-0.2, 0) is 6.54 Å². The number of nitro groups is 1. The zero-order valence-corrected chi connectivity index (χ0v) is 12.7. The van der Waals surface area contributed by atoms with E-state index in [-0.39, 0.29) is 17.9 Å². The molecule has 2 rings (SSSR count). The number of hydrogen-bond acceptors (Lipinski definition) is 4. The number of nitro benzene ring substituents is 1. The third-order valence-electron chi connectivity index (χ3n) is 2.87. The lowest BCUT2D eigenvalue weighted by Crippen LogP contribution is -2.05. The summed E-state index contributed by atoms with van der Waals surface area (Å²) in [6, 6.07) is 9.11. The Morgan fingerprint density at radius 2 is 2.14 bits per heavy atom. The molecule has 110 valence electrons. The van der Waals surface area contributed by atoms with Crippen molar-refractivity contribution in [3.8, 4) is 5.75 Å². The molecule has 0 aliphatic rings. The molecule has 0 aliphatic carbocycles. The molecule has 0 radical (unpaired) electrons. The third-order valence-corrected chi connectivity index (χ3v) is 3.49. The van der Waals surface area contributed by atoms with Crippen molar-refractivity contribution in [2.24, 2.45) is 0 Å². The second kappa shape index (κ2) is 6.53. The fourth-order valence-electron chi connectivity index (χ4n) is 1.85. The Morgan fingerprint density at radius 1 is 1.38 bits per heavy atom. The Balaban J connectivity index is 2.20. The first-order valence-corrected chi connectivity index (χ1v) is 6.81. The topological polar surface area (TPSA) is 64.4 Å². The summed E-state index contributed by atoms with van der Waals surface area (Å²) in [5.74, 6) is 0.0207. The van der Waals surface area contributed by atoms with Gasteiger partial charge in [0.25, 0.3) is 5.69 Å². The first-order valence-electron chi connectivity index (χ1n) is 6.02. The van der Waals surface area contributed by atoms with E-state index in [0.29, 0.717) is 5.75 Å². The second-order valence-corrected chi connectivity index (χ2v) is 5.07. The van der Waals surface area contributed by atoms with E-state index in [9.17, 15) is 14.5 Å². The standard InChI is InChI=1S/C14H12BrFN2O3/c1-21-13-6-5-9(7-10(13)15)8-17-14-11(16)3-2-4-12(14)18(19)20/h2-7,17H,8H2,1H3. The second-order valence-electron chi connectivity index (χ2n) is 4.21. The third kappa shape index (κ3) is 3.49. The van der Waals surface area contributed by atoms with Crippen LogP contribution in [0.25, 0.3) is 0 Å². The van der Waals surface area contributed by atoms with Crippen LogP contribution in [-0.4, -0.2) is 12.0 Å². The maximum atomic E-state index is 13.7. The molecule has 0 heterocycles. The van der Waals surface area contributed by atoms with Gasteiger partial charge in [-0.25, -0.2) is 4.39 Å². The number of anilines is 1. The Hall–Kier alpha value is -2.15. The molecule has 0 saturated heterocycles. The number of nitrogens with one attached hydrogen (secondary N) is 1. The van der Waals surface area contributed by atoms with E-state index in [2.05, 4.69) is 21.2 Å². The molecule has 0 unspecified atom stereocenters. The van der Waals surface area contributed by atoms with Gasteiger partial charge in [0, 0.05) is 12.6 Å². The maximum Gasteiger partial charge on any atom is 0.295 e. The molecule has 0 amide bonds. The van der Waals surface area contributed by atoms with Crippen LogP contribution in [0.1, 0.15) is 5.56 Å². The quantitative estimate of drug-likeness (QED) is 0.647. The fourth-order valence-corrected chi connectivity index (χ4v) is 2.44. The van der Waals surface area contributed by atoms with Gasteiger partial charge in [0.05, 0.1) is 16.5 Å². The highest BCUT2D eigenvalue weighted by Crippen LogP contribution is 2.29. The molecule has 5 nitrogen and oxygen atoms in total. The van der Waals surface area contributed by atoms with Crippen molar-refractivity contribution < 1.29 is 14.1 Å². The number of nitrogens with zero attached hydrogens (tertiary/aromatic N) is 1. The van der Waals surface area contributed by atoms with Crippen molar-refractivity contribution in [3.05, 3.63) is 62.4 Å². The molecule has 0 fully saturated rings. The Labute approximate surface area is 129 Å². The Morgan fingerprint density at radius 3 is 2.76 bits per heavy atom. The molecule has 1 N–H and O–H groups in total. The van der Waals surface area contributed by atoms with Crippen LogP contribution in [0.2, 0.25) is 0 Å². The minimum Gasteiger partial charge on any atom is -0.496 e. The summed E-state index contributed by atoms with van der Waals surface area (Å²) in [7, 11) is 1.56. The summed E-state index contributed by atoms with van der Waals surface area (Å²) >= 11 is 3.35. The number of methoxy groups -OCH3 is 1. The molecule has 0 aliphatic heterocycles. The Bertz CT molecular complexity index is 679. The largest absolute Gasteiger partial charge is 0.496 e. The van der Waals surface area contributed by atoms with Crippen molar-refractivity contribution in [2.75, 3.05) is 12.4 Å². The van der Waals surface area contributed by atoms with Gasteiger partial charge in [-0.3, -0.25) is 10.1 Å². The number of hydrogen-bond donors (Lipinski definition) is 1. The van der Waals surface area contributed by atoms with Crippen molar-refractivity contribution in [3.63, 3.8) is 0 Å². The summed E-state index contributed by atoms with van der Waals surface area (Å²) in [5, 5.41) is 13.7. The van der Waals surface area contributed by atoms with Crippen LogP contribution in [0.3, 0.4) is 0 Å². The molecule has 2 aromatic carbocycles. The smallest absolute Gasteiger partial charge is 0.295 e. The van der Waals surface area contributed by atoms with Crippen LogP contribution < -0.4 is 10.1 Å². The summed E-state index contributed by atoms with van der Waals surface area (Å²) in [6.45, 7) is 0.254.